The summed E-state index contributed by atoms with van der Waals surface area (Å²) >= 11 is 13.1. The van der Waals surface area contributed by atoms with Gasteiger partial charge in [-0.2, -0.15) is 0 Å². The Labute approximate surface area is 109 Å². The van der Waals surface area contributed by atoms with Crippen LogP contribution in [0.1, 0.15) is 12.8 Å². The molecule has 0 bridgehead atoms. The van der Waals surface area contributed by atoms with Crippen LogP contribution in [0, 0.1) is 0 Å². The predicted octanol–water partition coefficient (Wildman–Crippen LogP) is 5.06. The summed E-state index contributed by atoms with van der Waals surface area (Å²) in [7, 11) is 0. The van der Waals surface area contributed by atoms with Crippen LogP contribution in [0.3, 0.4) is 0 Å². The van der Waals surface area contributed by atoms with Crippen LogP contribution in [0.5, 0.6) is 0 Å². The number of rotatable bonds is 2. The molecule has 1 saturated heterocycles. The molecule has 1 aliphatic heterocycles. The molecule has 0 amide bonds. The zero-order valence-corrected chi connectivity index (χ0v) is 12.6. The summed E-state index contributed by atoms with van der Waals surface area (Å²) in [6.45, 7) is 0. The molecular weight excluding hydrogens is 294 g/mol. The maximum Gasteiger partial charge on any atom is 0.157 e. The van der Waals surface area contributed by atoms with Gasteiger partial charge in [0.05, 0.1) is 0 Å². The van der Waals surface area contributed by atoms with Gasteiger partial charge in [0.2, 0.25) is 0 Å². The van der Waals surface area contributed by atoms with Crippen LogP contribution in [0.2, 0.25) is 0 Å². The van der Waals surface area contributed by atoms with Crippen molar-refractivity contribution in [2.75, 3.05) is 0 Å². The van der Waals surface area contributed by atoms with Crippen molar-refractivity contribution in [1.82, 2.24) is 0 Å². The van der Waals surface area contributed by atoms with E-state index in [1.165, 1.54) is 10.6 Å². The van der Waals surface area contributed by atoms with Gasteiger partial charge in [0, 0.05) is 10.6 Å². The molecule has 2 atom stereocenters. The normalized spacial score (nSPS) is 40.8. The van der Waals surface area contributed by atoms with Crippen molar-refractivity contribution >= 4 is 45.5 Å². The van der Waals surface area contributed by atoms with E-state index in [2.05, 4.69) is 36.5 Å². The van der Waals surface area contributed by atoms with E-state index in [-0.39, 0.29) is 0 Å². The summed E-state index contributed by atoms with van der Waals surface area (Å²) in [4.78, 5) is 0. The minimum absolute atomic E-state index is 0.955. The average molecular weight is 304 g/mol. The van der Waals surface area contributed by atoms with Crippen molar-refractivity contribution < 1.29 is 4.31 Å². The van der Waals surface area contributed by atoms with E-state index in [1.807, 2.05) is 0 Å². The number of hydrogen-bond acceptors (Lipinski definition) is 4. The van der Waals surface area contributed by atoms with Gasteiger partial charge in [-0.3, -0.25) is 4.31 Å². The van der Waals surface area contributed by atoms with Crippen molar-refractivity contribution in [1.29, 1.82) is 0 Å². The minimum Gasteiger partial charge on any atom is -0.292 e. The summed E-state index contributed by atoms with van der Waals surface area (Å²) < 4.78 is 6.08. The van der Waals surface area contributed by atoms with Crippen LogP contribution in [-0.4, -0.2) is 0 Å². The fourth-order valence-corrected chi connectivity index (χ4v) is 23.7. The second-order valence-corrected chi connectivity index (χ2v) is 17.2. The van der Waals surface area contributed by atoms with E-state index in [1.54, 1.807) is 11.0 Å². The largest absolute Gasteiger partial charge is 0.292 e. The molecule has 0 N–H and O–H groups in total. The van der Waals surface area contributed by atoms with Gasteiger partial charge in [-0.25, -0.2) is 0 Å². The maximum absolute atomic E-state index is 6.08. The summed E-state index contributed by atoms with van der Waals surface area (Å²) in [5.74, 6) is 0. The summed E-state index contributed by atoms with van der Waals surface area (Å²) in [6, 6.07) is 0. The lowest BCUT2D eigenvalue weighted by atomic mass is 10.5. The zero-order valence-electron chi connectivity index (χ0n) is 8.41. The van der Waals surface area contributed by atoms with Crippen LogP contribution in [0.15, 0.2) is 47.1 Å². The zero-order chi connectivity index (χ0) is 11.2. The molecule has 1 fully saturated rings. The molecule has 3 aliphatic rings. The molecule has 0 spiro atoms. The molecule has 0 saturated carbocycles. The molecule has 0 radical (unpaired) electrons. The van der Waals surface area contributed by atoms with Crippen LogP contribution in [0.4, 0.5) is 0 Å². The van der Waals surface area contributed by atoms with E-state index in [9.17, 15) is 0 Å². The van der Waals surface area contributed by atoms with Gasteiger partial charge in [-0.05, 0) is 23.8 Å². The molecule has 6 heteroatoms. The second-order valence-electron chi connectivity index (χ2n) is 3.74. The monoisotopic (exact) mass is 304 g/mol. The number of hydrogen-bond donors (Lipinski definition) is 0. The molecule has 1 nitrogen and oxygen atoms in total. The quantitative estimate of drug-likeness (QED) is 0.659. The fourth-order valence-electron chi connectivity index (χ4n) is 1.78. The molecule has 1 heterocycles. The first-order valence-electron chi connectivity index (χ1n) is 4.98. The fraction of sp³-hybridized carbons (Fsp3) is 0.200. The lowest BCUT2D eigenvalue weighted by Gasteiger charge is -2.42. The second kappa shape index (κ2) is 4.05. The van der Waals surface area contributed by atoms with Gasteiger partial charge in [-0.1, -0.05) is 60.1 Å². The van der Waals surface area contributed by atoms with E-state index < -0.39 is 10.9 Å². The van der Waals surface area contributed by atoms with Gasteiger partial charge in [-0.15, -0.1) is 0 Å². The van der Waals surface area contributed by atoms with E-state index in [4.69, 9.17) is 27.9 Å². The highest BCUT2D eigenvalue weighted by Crippen LogP contribution is 3.00. The SMILES string of the molecule is S=P1(C2=CC=CC2)OP(=S)(C2=CC=CC2)S1. The molecule has 2 aliphatic carbocycles. The third-order valence-electron chi connectivity index (χ3n) is 2.64. The smallest absolute Gasteiger partial charge is 0.157 e. The standard InChI is InChI=1S/C10H10OP2S3/c14-12(9-5-1-2-6-9)11-13(15,16-12)10-7-3-4-8-10/h1-5,7H,6,8H2. The molecule has 3 rings (SSSR count). The van der Waals surface area contributed by atoms with Crippen molar-refractivity contribution in [2.45, 2.75) is 12.8 Å². The Bertz CT molecular complexity index is 494. The number of allylic oxidation sites excluding steroid dienone is 8. The van der Waals surface area contributed by atoms with Crippen molar-refractivity contribution in [2.24, 2.45) is 0 Å². The topological polar surface area (TPSA) is 9.23 Å². The molecule has 0 aromatic rings. The van der Waals surface area contributed by atoms with Crippen LogP contribution in [-0.2, 0) is 27.9 Å². The van der Waals surface area contributed by atoms with Gasteiger partial charge < -0.3 is 0 Å². The molecule has 2 unspecified atom stereocenters. The van der Waals surface area contributed by atoms with Crippen LogP contribution >= 0.6 is 21.9 Å². The minimum atomic E-state index is -1.79. The van der Waals surface area contributed by atoms with Crippen molar-refractivity contribution in [3.05, 3.63) is 47.1 Å². The van der Waals surface area contributed by atoms with Crippen molar-refractivity contribution in [3.63, 3.8) is 0 Å². The van der Waals surface area contributed by atoms with Crippen molar-refractivity contribution in [3.8, 4) is 0 Å². The van der Waals surface area contributed by atoms with E-state index in [0.717, 1.165) is 12.8 Å². The first-order chi connectivity index (χ1) is 7.62. The van der Waals surface area contributed by atoms with E-state index >= 15 is 0 Å². The summed E-state index contributed by atoms with van der Waals surface area (Å²) in [5.41, 5.74) is -3.58. The van der Waals surface area contributed by atoms with Crippen LogP contribution in [0.25, 0.3) is 0 Å². The molecule has 16 heavy (non-hydrogen) atoms. The first-order valence-corrected chi connectivity index (χ1v) is 12.4. The Morgan fingerprint density at radius 2 is 1.44 bits per heavy atom. The van der Waals surface area contributed by atoms with Crippen LogP contribution < -0.4 is 0 Å². The summed E-state index contributed by atoms with van der Waals surface area (Å²) in [5, 5.41) is 2.55. The third-order valence-corrected chi connectivity index (χ3v) is 20.8. The first kappa shape index (κ1) is 11.6. The molecular formula is C10H10OP2S3. The maximum atomic E-state index is 6.08. The Morgan fingerprint density at radius 3 is 1.75 bits per heavy atom. The van der Waals surface area contributed by atoms with Gasteiger partial charge in [0.1, 0.15) is 0 Å². The van der Waals surface area contributed by atoms with Gasteiger partial charge in [0.15, 0.2) is 10.9 Å². The van der Waals surface area contributed by atoms with Gasteiger partial charge >= 0.3 is 0 Å². The van der Waals surface area contributed by atoms with Gasteiger partial charge in [0.25, 0.3) is 0 Å². The predicted molar refractivity (Wildman–Crippen MR) is 80.9 cm³/mol. The lowest BCUT2D eigenvalue weighted by Crippen LogP contribution is -1.98. The third kappa shape index (κ3) is 1.80. The summed E-state index contributed by atoms with van der Waals surface area (Å²) in [6.07, 6.45) is 14.5. The average Bonchev–Trinajstić information content (AvgIpc) is 2.89. The highest BCUT2D eigenvalue weighted by molar-refractivity contribution is 9.04. The molecule has 0 aromatic heterocycles. The lowest BCUT2D eigenvalue weighted by molar-refractivity contribution is 0.710. The highest BCUT2D eigenvalue weighted by Gasteiger charge is 2.48. The Kier molecular flexibility index (Phi) is 2.95. The van der Waals surface area contributed by atoms with E-state index in [0.29, 0.717) is 0 Å². The Morgan fingerprint density at radius 1 is 1.00 bits per heavy atom. The Balaban J connectivity index is 1.79. The molecule has 0 aromatic carbocycles. The highest BCUT2D eigenvalue weighted by atomic mass is 33.3. The molecule has 84 valence electrons. The Hall–Kier alpha value is 0.570.